The minimum Gasteiger partial charge on any atom is -0.316 e. The van der Waals surface area contributed by atoms with Crippen LogP contribution in [0.3, 0.4) is 0 Å². The van der Waals surface area contributed by atoms with Crippen molar-refractivity contribution in [2.75, 3.05) is 39.3 Å². The van der Waals surface area contributed by atoms with Crippen LogP contribution in [-0.4, -0.2) is 56.6 Å². The van der Waals surface area contributed by atoms with E-state index in [9.17, 15) is 14.4 Å². The van der Waals surface area contributed by atoms with Gasteiger partial charge in [0.25, 0.3) is 0 Å². The molecule has 6 heteroatoms. The summed E-state index contributed by atoms with van der Waals surface area (Å²) in [5.41, 5.74) is 0. The average molecular weight is 297 g/mol. The molecular weight excluding hydrogens is 270 g/mol. The molecule has 3 saturated heterocycles. The van der Waals surface area contributed by atoms with Crippen LogP contribution in [0.4, 0.5) is 0 Å². The molecule has 3 rings (SSSR count). The Morgan fingerprint density at radius 1 is 0.429 bits per heavy atom. The normalized spacial score (nSPS) is 22.6. The Labute approximate surface area is 126 Å². The Kier molecular flexibility index (Phi) is 9.86. The summed E-state index contributed by atoms with van der Waals surface area (Å²) in [6.45, 7) is 5.33. The van der Waals surface area contributed by atoms with Crippen LogP contribution in [-0.2, 0) is 14.4 Å². The van der Waals surface area contributed by atoms with Crippen LogP contribution in [0.1, 0.15) is 38.5 Å². The molecule has 3 N–H and O–H groups in total. The van der Waals surface area contributed by atoms with Gasteiger partial charge in [-0.1, -0.05) is 0 Å². The molecule has 0 aliphatic carbocycles. The van der Waals surface area contributed by atoms with Gasteiger partial charge in [0.2, 0.25) is 0 Å². The molecule has 0 aromatic heterocycles. The maximum Gasteiger partial charge on any atom is 0.135 e. The van der Waals surface area contributed by atoms with E-state index in [1.54, 1.807) is 0 Å². The molecule has 0 spiro atoms. The van der Waals surface area contributed by atoms with Gasteiger partial charge in [0.05, 0.1) is 0 Å². The van der Waals surface area contributed by atoms with Crippen LogP contribution in [0.25, 0.3) is 0 Å². The average Bonchev–Trinajstić information content (AvgIpc) is 2.51. The van der Waals surface area contributed by atoms with E-state index in [0.717, 1.165) is 77.8 Å². The third-order valence-electron chi connectivity index (χ3n) is 3.48. The van der Waals surface area contributed by atoms with E-state index in [0.29, 0.717) is 17.3 Å². The first-order valence-electron chi connectivity index (χ1n) is 7.86. The lowest BCUT2D eigenvalue weighted by Crippen LogP contribution is -2.27. The summed E-state index contributed by atoms with van der Waals surface area (Å²) in [7, 11) is 0. The molecule has 6 nitrogen and oxygen atoms in total. The predicted octanol–water partition coefficient (Wildman–Crippen LogP) is -0.183. The third kappa shape index (κ3) is 10.3. The molecule has 21 heavy (non-hydrogen) atoms. The van der Waals surface area contributed by atoms with Crippen molar-refractivity contribution in [3.8, 4) is 0 Å². The molecule has 0 unspecified atom stereocenters. The van der Waals surface area contributed by atoms with Crippen molar-refractivity contribution in [2.45, 2.75) is 38.5 Å². The van der Waals surface area contributed by atoms with Crippen molar-refractivity contribution in [3.63, 3.8) is 0 Å². The van der Waals surface area contributed by atoms with Crippen molar-refractivity contribution in [1.29, 1.82) is 0 Å². The number of ketones is 3. The Bertz CT molecular complexity index is 269. The first kappa shape index (κ1) is 17.9. The van der Waals surface area contributed by atoms with Gasteiger partial charge >= 0.3 is 0 Å². The number of rotatable bonds is 0. The topological polar surface area (TPSA) is 87.3 Å². The molecule has 0 aromatic carbocycles. The Balaban J connectivity index is 0.000000157. The minimum atomic E-state index is 0.402. The highest BCUT2D eigenvalue weighted by atomic mass is 16.1. The number of carbonyl (C=O) groups excluding carboxylic acids is 3. The molecule has 0 saturated carbocycles. The van der Waals surface area contributed by atoms with Gasteiger partial charge in [0, 0.05) is 77.8 Å². The third-order valence-corrected chi connectivity index (χ3v) is 3.48. The highest BCUT2D eigenvalue weighted by Gasteiger charge is 2.06. The highest BCUT2D eigenvalue weighted by Crippen LogP contribution is 1.93. The zero-order valence-corrected chi connectivity index (χ0v) is 12.7. The van der Waals surface area contributed by atoms with Crippen LogP contribution >= 0.6 is 0 Å². The fraction of sp³-hybridized carbons (Fsp3) is 0.800. The van der Waals surface area contributed by atoms with Crippen molar-refractivity contribution in [1.82, 2.24) is 16.0 Å². The van der Waals surface area contributed by atoms with E-state index in [4.69, 9.17) is 0 Å². The Morgan fingerprint density at radius 2 is 0.619 bits per heavy atom. The first-order valence-corrected chi connectivity index (χ1v) is 7.86. The van der Waals surface area contributed by atoms with Crippen LogP contribution in [0, 0.1) is 0 Å². The summed E-state index contributed by atoms with van der Waals surface area (Å²) in [4.78, 5) is 31.3. The van der Waals surface area contributed by atoms with Gasteiger partial charge in [-0.25, -0.2) is 0 Å². The summed E-state index contributed by atoms with van der Waals surface area (Å²) >= 11 is 0. The van der Waals surface area contributed by atoms with Crippen molar-refractivity contribution in [3.05, 3.63) is 0 Å². The lowest BCUT2D eigenvalue weighted by Gasteiger charge is -2.08. The number of piperidine rings is 3. The maximum absolute atomic E-state index is 10.4. The fourth-order valence-corrected chi connectivity index (χ4v) is 2.12. The molecule has 0 amide bonds. The number of carbonyl (C=O) groups is 3. The van der Waals surface area contributed by atoms with Gasteiger partial charge in [-0.05, 0) is 0 Å². The smallest absolute Gasteiger partial charge is 0.135 e. The predicted molar refractivity (Wildman–Crippen MR) is 81.3 cm³/mol. The van der Waals surface area contributed by atoms with Crippen molar-refractivity contribution in [2.24, 2.45) is 0 Å². The number of hydrogen-bond acceptors (Lipinski definition) is 6. The van der Waals surface area contributed by atoms with Gasteiger partial charge in [-0.15, -0.1) is 0 Å². The fourth-order valence-electron chi connectivity index (χ4n) is 2.12. The SMILES string of the molecule is O=C1CCNCC1.O=C1CCNCC1.O=C1CCNCC1. The Hall–Kier alpha value is -1.11. The second-order valence-corrected chi connectivity index (χ2v) is 5.37. The molecule has 3 fully saturated rings. The number of Topliss-reactive ketones (excluding diaryl/α,β-unsaturated/α-hetero) is 3. The second kappa shape index (κ2) is 11.5. The molecular formula is C15H27N3O3. The van der Waals surface area contributed by atoms with Crippen LogP contribution in [0.5, 0.6) is 0 Å². The van der Waals surface area contributed by atoms with Gasteiger partial charge in [-0.2, -0.15) is 0 Å². The molecule has 0 aromatic rings. The van der Waals surface area contributed by atoms with E-state index in [1.165, 1.54) is 0 Å². The lowest BCUT2D eigenvalue weighted by atomic mass is 10.1. The van der Waals surface area contributed by atoms with Gasteiger partial charge in [-0.3, -0.25) is 14.4 Å². The highest BCUT2D eigenvalue weighted by molar-refractivity contribution is 5.80. The van der Waals surface area contributed by atoms with Crippen LogP contribution < -0.4 is 16.0 Å². The van der Waals surface area contributed by atoms with E-state index >= 15 is 0 Å². The summed E-state index contributed by atoms with van der Waals surface area (Å²) in [6.07, 6.45) is 4.42. The first-order chi connectivity index (χ1) is 10.2. The zero-order chi connectivity index (χ0) is 15.3. The Morgan fingerprint density at radius 3 is 0.714 bits per heavy atom. The second-order valence-electron chi connectivity index (χ2n) is 5.37. The van der Waals surface area contributed by atoms with Gasteiger partial charge < -0.3 is 16.0 Å². The van der Waals surface area contributed by atoms with Crippen molar-refractivity contribution >= 4 is 17.3 Å². The van der Waals surface area contributed by atoms with Crippen LogP contribution in [0.15, 0.2) is 0 Å². The monoisotopic (exact) mass is 297 g/mol. The van der Waals surface area contributed by atoms with Gasteiger partial charge in [0.15, 0.2) is 0 Å². The quantitative estimate of drug-likeness (QED) is 0.575. The standard InChI is InChI=1S/3C5H9NO/c3*7-5-1-3-6-4-2-5/h3*6H,1-4H2. The summed E-state index contributed by atoms with van der Waals surface area (Å²) in [5.74, 6) is 1.20. The molecule has 0 radical (unpaired) electrons. The molecule has 3 aliphatic heterocycles. The number of hydrogen-bond donors (Lipinski definition) is 3. The molecule has 3 aliphatic rings. The minimum absolute atomic E-state index is 0.402. The van der Waals surface area contributed by atoms with E-state index in [-0.39, 0.29) is 0 Å². The largest absolute Gasteiger partial charge is 0.316 e. The maximum atomic E-state index is 10.4. The molecule has 120 valence electrons. The number of nitrogens with one attached hydrogen (secondary N) is 3. The molecule has 0 atom stereocenters. The van der Waals surface area contributed by atoms with Gasteiger partial charge in [0.1, 0.15) is 17.3 Å². The van der Waals surface area contributed by atoms with E-state index in [1.807, 2.05) is 0 Å². The lowest BCUT2D eigenvalue weighted by molar-refractivity contribution is -0.120. The summed E-state index contributed by atoms with van der Waals surface area (Å²) < 4.78 is 0. The molecule has 0 bridgehead atoms. The van der Waals surface area contributed by atoms with E-state index < -0.39 is 0 Å². The summed E-state index contributed by atoms with van der Waals surface area (Å²) in [6, 6.07) is 0. The van der Waals surface area contributed by atoms with Crippen LogP contribution in [0.2, 0.25) is 0 Å². The zero-order valence-electron chi connectivity index (χ0n) is 12.7. The van der Waals surface area contributed by atoms with E-state index in [2.05, 4.69) is 16.0 Å². The molecule has 3 heterocycles. The van der Waals surface area contributed by atoms with Crippen molar-refractivity contribution < 1.29 is 14.4 Å². The summed E-state index contributed by atoms with van der Waals surface area (Å²) in [5, 5.41) is 9.28.